The second-order valence-electron chi connectivity index (χ2n) is 5.60. The van der Waals surface area contributed by atoms with E-state index in [1.165, 1.54) is 13.3 Å². The van der Waals surface area contributed by atoms with Gasteiger partial charge in [-0.15, -0.1) is 0 Å². The molecule has 3 rings (SSSR count). The third-order valence-corrected chi connectivity index (χ3v) is 4.55. The molecule has 0 radical (unpaired) electrons. The molecule has 0 fully saturated rings. The Morgan fingerprint density at radius 1 is 1.14 bits per heavy atom. The number of nitrogens with one attached hydrogen (secondary N) is 1. The smallest absolute Gasteiger partial charge is 0.337 e. The van der Waals surface area contributed by atoms with E-state index in [9.17, 15) is 9.59 Å². The summed E-state index contributed by atoms with van der Waals surface area (Å²) in [5, 5.41) is 4.32. The molecule has 1 heterocycles. The van der Waals surface area contributed by atoms with E-state index in [0.717, 1.165) is 4.47 Å². The Bertz CT molecular complexity index is 1060. The summed E-state index contributed by atoms with van der Waals surface area (Å²) in [7, 11) is 1.31. The fourth-order valence-electron chi connectivity index (χ4n) is 2.37. The number of ether oxygens (including phenoxy) is 1. The van der Waals surface area contributed by atoms with Crippen molar-refractivity contribution in [1.29, 1.82) is 0 Å². The maximum Gasteiger partial charge on any atom is 0.337 e. The minimum atomic E-state index is -0.471. The van der Waals surface area contributed by atoms with E-state index >= 15 is 0 Å². The molecular weight excluding hydrogens is 448 g/mol. The van der Waals surface area contributed by atoms with Crippen molar-refractivity contribution in [3.63, 3.8) is 0 Å². The van der Waals surface area contributed by atoms with Crippen molar-refractivity contribution in [2.45, 2.75) is 0 Å². The van der Waals surface area contributed by atoms with Crippen LogP contribution < -0.4 is 5.43 Å². The predicted octanol–water partition coefficient (Wildman–Crippen LogP) is 4.91. The largest absolute Gasteiger partial charge is 0.465 e. The molecule has 0 unspecified atom stereocenters. The molecule has 1 N–H and O–H groups in total. The highest BCUT2D eigenvalue weighted by Crippen LogP contribution is 2.30. The van der Waals surface area contributed by atoms with Gasteiger partial charge in [0.05, 0.1) is 23.9 Å². The van der Waals surface area contributed by atoms with Gasteiger partial charge in [-0.2, -0.15) is 5.10 Å². The molecule has 2 aromatic carbocycles. The lowest BCUT2D eigenvalue weighted by Crippen LogP contribution is -2.17. The maximum absolute atomic E-state index is 12.1. The van der Waals surface area contributed by atoms with E-state index in [2.05, 4.69) is 26.5 Å². The molecule has 0 aliphatic carbocycles. The summed E-state index contributed by atoms with van der Waals surface area (Å²) < 4.78 is 11.2. The Hall–Kier alpha value is -2.90. The fourth-order valence-corrected chi connectivity index (χ4v) is 2.98. The zero-order valence-electron chi connectivity index (χ0n) is 14.6. The van der Waals surface area contributed by atoms with Crippen LogP contribution in [0, 0.1) is 0 Å². The molecule has 1 aromatic heterocycles. The first kappa shape index (κ1) is 19.9. The minimum Gasteiger partial charge on any atom is -0.465 e. The zero-order valence-corrected chi connectivity index (χ0v) is 17.0. The highest BCUT2D eigenvalue weighted by Gasteiger charge is 2.13. The number of furan rings is 1. The number of halogens is 2. The average Bonchev–Trinajstić information content (AvgIpc) is 3.16. The molecular formula is C20H14BrClN2O4. The van der Waals surface area contributed by atoms with Gasteiger partial charge in [0.1, 0.15) is 11.5 Å². The van der Waals surface area contributed by atoms with E-state index < -0.39 is 5.97 Å². The quantitative estimate of drug-likeness (QED) is 0.332. The number of esters is 1. The summed E-state index contributed by atoms with van der Waals surface area (Å²) in [5.74, 6) is 0.0410. The number of carbonyl (C=O) groups excluding carboxylic acids is 2. The molecule has 28 heavy (non-hydrogen) atoms. The standard InChI is InChI=1S/C20H14BrClN2O4/c1-27-20(26)13-5-7-17(22)16(10-13)18-8-6-15(28-18)11-23-24-19(25)12-3-2-4-14(21)9-12/h2-11H,1H3,(H,24,25)/b23-11-. The van der Waals surface area contributed by atoms with Crippen molar-refractivity contribution in [3.05, 3.63) is 81.0 Å². The third-order valence-electron chi connectivity index (χ3n) is 3.72. The monoisotopic (exact) mass is 460 g/mol. The predicted molar refractivity (Wildman–Crippen MR) is 110 cm³/mol. The van der Waals surface area contributed by atoms with Crippen LogP contribution in [0.3, 0.4) is 0 Å². The molecule has 0 saturated heterocycles. The number of nitrogens with zero attached hydrogens (tertiary/aromatic N) is 1. The number of rotatable bonds is 5. The van der Waals surface area contributed by atoms with Crippen LogP contribution in [-0.4, -0.2) is 25.2 Å². The van der Waals surface area contributed by atoms with E-state index in [-0.39, 0.29) is 5.91 Å². The lowest BCUT2D eigenvalue weighted by Gasteiger charge is -2.04. The van der Waals surface area contributed by atoms with Gasteiger partial charge in [-0.1, -0.05) is 33.6 Å². The van der Waals surface area contributed by atoms with Gasteiger partial charge in [0.2, 0.25) is 0 Å². The minimum absolute atomic E-state index is 0.349. The van der Waals surface area contributed by atoms with Gasteiger partial charge in [0, 0.05) is 15.6 Å². The lowest BCUT2D eigenvalue weighted by atomic mass is 10.1. The first-order chi connectivity index (χ1) is 13.5. The van der Waals surface area contributed by atoms with Crippen molar-refractivity contribution in [3.8, 4) is 11.3 Å². The number of hydrogen-bond acceptors (Lipinski definition) is 5. The maximum atomic E-state index is 12.1. The molecule has 0 atom stereocenters. The van der Waals surface area contributed by atoms with Crippen molar-refractivity contribution in [2.75, 3.05) is 7.11 Å². The molecule has 0 aliphatic heterocycles. The number of amides is 1. The van der Waals surface area contributed by atoms with E-state index in [1.807, 2.05) is 6.07 Å². The topological polar surface area (TPSA) is 80.9 Å². The highest BCUT2D eigenvalue weighted by molar-refractivity contribution is 9.10. The average molecular weight is 462 g/mol. The molecule has 1 amide bonds. The van der Waals surface area contributed by atoms with Gasteiger partial charge in [0.25, 0.3) is 5.91 Å². The summed E-state index contributed by atoms with van der Waals surface area (Å²) in [6.07, 6.45) is 1.37. The number of benzene rings is 2. The summed E-state index contributed by atoms with van der Waals surface area (Å²) in [5.41, 5.74) is 3.80. The van der Waals surface area contributed by atoms with Crippen LogP contribution in [0.4, 0.5) is 0 Å². The molecule has 0 aliphatic rings. The lowest BCUT2D eigenvalue weighted by molar-refractivity contribution is 0.0600. The van der Waals surface area contributed by atoms with Crippen molar-refractivity contribution < 1.29 is 18.7 Å². The Kier molecular flexibility index (Phi) is 6.28. The third kappa shape index (κ3) is 4.68. The van der Waals surface area contributed by atoms with Crippen LogP contribution in [-0.2, 0) is 4.74 Å². The van der Waals surface area contributed by atoms with Crippen LogP contribution >= 0.6 is 27.5 Å². The number of hydrogen-bond donors (Lipinski definition) is 1. The van der Waals surface area contributed by atoms with Crippen molar-refractivity contribution in [2.24, 2.45) is 5.10 Å². The molecule has 142 valence electrons. The molecule has 0 spiro atoms. The molecule has 0 bridgehead atoms. The summed E-state index contributed by atoms with van der Waals surface area (Å²) >= 11 is 9.52. The van der Waals surface area contributed by atoms with E-state index in [1.54, 1.807) is 48.5 Å². The fraction of sp³-hybridized carbons (Fsp3) is 0.0500. The van der Waals surface area contributed by atoms with E-state index in [0.29, 0.717) is 33.2 Å². The SMILES string of the molecule is COC(=O)c1ccc(Cl)c(-c2ccc(/C=N\NC(=O)c3cccc(Br)c3)o2)c1. The molecule has 0 saturated carbocycles. The molecule has 6 nitrogen and oxygen atoms in total. The van der Waals surface area contributed by atoms with Crippen LogP contribution in [0.25, 0.3) is 11.3 Å². The van der Waals surface area contributed by atoms with Gasteiger partial charge in [-0.3, -0.25) is 4.79 Å². The van der Waals surface area contributed by atoms with Crippen molar-refractivity contribution >= 4 is 45.6 Å². The first-order valence-electron chi connectivity index (χ1n) is 8.05. The zero-order chi connectivity index (χ0) is 20.1. The van der Waals surface area contributed by atoms with Crippen LogP contribution in [0.5, 0.6) is 0 Å². The van der Waals surface area contributed by atoms with Crippen molar-refractivity contribution in [1.82, 2.24) is 5.43 Å². The normalized spacial score (nSPS) is 10.8. The Morgan fingerprint density at radius 2 is 1.96 bits per heavy atom. The summed E-state index contributed by atoms with van der Waals surface area (Å²) in [6, 6.07) is 15.1. The van der Waals surface area contributed by atoms with Crippen LogP contribution in [0.15, 0.2) is 68.6 Å². The Labute approximate surface area is 174 Å². The number of methoxy groups -OCH3 is 1. The summed E-state index contributed by atoms with van der Waals surface area (Å²) in [4.78, 5) is 23.7. The van der Waals surface area contributed by atoms with Gasteiger partial charge in [-0.25, -0.2) is 10.2 Å². The van der Waals surface area contributed by atoms with Gasteiger partial charge < -0.3 is 9.15 Å². The molecule has 8 heteroatoms. The number of hydrazone groups is 1. The second-order valence-corrected chi connectivity index (χ2v) is 6.92. The van der Waals surface area contributed by atoms with Crippen LogP contribution in [0.2, 0.25) is 5.02 Å². The Balaban J connectivity index is 1.73. The first-order valence-corrected chi connectivity index (χ1v) is 9.22. The van der Waals surface area contributed by atoms with E-state index in [4.69, 9.17) is 20.8 Å². The van der Waals surface area contributed by atoms with Gasteiger partial charge >= 0.3 is 5.97 Å². The molecule has 3 aromatic rings. The Morgan fingerprint density at radius 3 is 2.71 bits per heavy atom. The van der Waals surface area contributed by atoms with Gasteiger partial charge in [-0.05, 0) is 48.5 Å². The van der Waals surface area contributed by atoms with Gasteiger partial charge in [0.15, 0.2) is 0 Å². The highest BCUT2D eigenvalue weighted by atomic mass is 79.9. The summed E-state index contributed by atoms with van der Waals surface area (Å²) in [6.45, 7) is 0. The number of carbonyl (C=O) groups is 2. The second kappa shape index (κ2) is 8.86. The van der Waals surface area contributed by atoms with Crippen LogP contribution in [0.1, 0.15) is 26.5 Å².